The Balaban J connectivity index is -0.00000000167. The van der Waals surface area contributed by atoms with Crippen molar-refractivity contribution in [1.82, 2.24) is 0 Å². The minimum absolute atomic E-state index is 0. The third kappa shape index (κ3) is 28.9. The molecule has 0 heterocycles. The predicted molar refractivity (Wildman–Crippen MR) is 24.9 cm³/mol. The third-order valence-electron chi connectivity index (χ3n) is 0. The molecule has 0 aliphatic heterocycles. The van der Waals surface area contributed by atoms with Crippen molar-refractivity contribution in [3.05, 3.63) is 0 Å². The fourth-order valence-electron chi connectivity index (χ4n) is 0. The summed E-state index contributed by atoms with van der Waals surface area (Å²) in [6.45, 7) is 0. The monoisotopic (exact) mass is 211 g/mol. The average molecular weight is 213 g/mol. The summed E-state index contributed by atoms with van der Waals surface area (Å²) < 4.78 is 8.17. The van der Waals surface area contributed by atoms with Crippen molar-refractivity contribution in [3.8, 4) is 0 Å². The van der Waals surface area contributed by atoms with Crippen LogP contribution in [0, 0.1) is 0 Å². The second-order valence-corrected chi connectivity index (χ2v) is 0. The largest absolute Gasteiger partial charge is 0.310 e. The van der Waals surface area contributed by atoms with Crippen LogP contribution in [-0.4, -0.2) is 0 Å². The SMILES string of the molecule is Cl.Cl.O=[PH2+].[Zr]. The maximum Gasteiger partial charge on any atom is 0.310 e. The predicted octanol–water partition coefficient (Wildman–Crippen LogP) is 1.05. The molecule has 1 atom stereocenters. The molecule has 0 aromatic carbocycles. The van der Waals surface area contributed by atoms with Gasteiger partial charge in [-0.2, -0.15) is 0 Å². The zero-order valence-corrected chi connectivity index (χ0v) is 7.55. The molecule has 5 heavy (non-hydrogen) atoms. The van der Waals surface area contributed by atoms with Gasteiger partial charge in [0, 0.05) is 26.2 Å². The van der Waals surface area contributed by atoms with Gasteiger partial charge in [-0.05, 0) is 0 Å². The normalized spacial score (nSPS) is 0.800. The second kappa shape index (κ2) is 47.4. The van der Waals surface area contributed by atoms with Crippen LogP contribution in [0.4, 0.5) is 0 Å². The van der Waals surface area contributed by atoms with E-state index < -0.39 is 0 Å². The Morgan fingerprint density at radius 1 is 1.00 bits per heavy atom. The van der Waals surface area contributed by atoms with Crippen LogP contribution < -0.4 is 0 Å². The van der Waals surface area contributed by atoms with E-state index in [1.165, 1.54) is 9.12 Å². The molecule has 0 N–H and O–H groups in total. The molecule has 32 valence electrons. The van der Waals surface area contributed by atoms with Gasteiger partial charge in [0.2, 0.25) is 0 Å². The van der Waals surface area contributed by atoms with E-state index >= 15 is 0 Å². The fourth-order valence-corrected chi connectivity index (χ4v) is 0. The second-order valence-electron chi connectivity index (χ2n) is 0. The Kier molecular flexibility index (Phi) is 293. The van der Waals surface area contributed by atoms with E-state index in [-0.39, 0.29) is 51.0 Å². The molecule has 0 aromatic heterocycles. The van der Waals surface area contributed by atoms with E-state index in [1.807, 2.05) is 0 Å². The summed E-state index contributed by atoms with van der Waals surface area (Å²) in [7, 11) is 1.17. The van der Waals surface area contributed by atoms with Gasteiger partial charge in [0.05, 0.1) is 0 Å². The molecule has 0 spiro atoms. The Bertz CT molecular complexity index is 9.61. The van der Waals surface area contributed by atoms with Crippen molar-refractivity contribution in [2.24, 2.45) is 0 Å². The van der Waals surface area contributed by atoms with Crippen LogP contribution in [0.5, 0.6) is 0 Å². The number of hydrogen-bond acceptors (Lipinski definition) is 1. The summed E-state index contributed by atoms with van der Waals surface area (Å²) in [6, 6.07) is 0. The number of halogens is 2. The Labute approximate surface area is 64.5 Å². The minimum Gasteiger partial charge on any atom is -0.147 e. The van der Waals surface area contributed by atoms with Gasteiger partial charge in [0.25, 0.3) is 0 Å². The van der Waals surface area contributed by atoms with E-state index in [1.54, 1.807) is 0 Å². The van der Waals surface area contributed by atoms with Gasteiger partial charge in [-0.25, -0.2) is 0 Å². The van der Waals surface area contributed by atoms with Gasteiger partial charge in [-0.3, -0.25) is 0 Å². The van der Waals surface area contributed by atoms with Gasteiger partial charge in [-0.1, -0.05) is 4.57 Å². The molecule has 0 aliphatic carbocycles. The van der Waals surface area contributed by atoms with Crippen molar-refractivity contribution < 1.29 is 30.8 Å². The molecule has 0 amide bonds. The van der Waals surface area contributed by atoms with Crippen LogP contribution in [0.2, 0.25) is 0 Å². The summed E-state index contributed by atoms with van der Waals surface area (Å²) in [5.41, 5.74) is 0. The zero-order chi connectivity index (χ0) is 2.00. The van der Waals surface area contributed by atoms with E-state index in [4.69, 9.17) is 4.57 Å². The molecule has 0 aliphatic rings. The van der Waals surface area contributed by atoms with Gasteiger partial charge in [0.15, 0.2) is 0 Å². The van der Waals surface area contributed by atoms with Gasteiger partial charge >= 0.3 is 9.12 Å². The molecule has 0 aromatic rings. The van der Waals surface area contributed by atoms with E-state index in [0.717, 1.165) is 0 Å². The maximum atomic E-state index is 8.17. The smallest absolute Gasteiger partial charge is 0.147 e. The topological polar surface area (TPSA) is 17.1 Å². The number of rotatable bonds is 0. The van der Waals surface area contributed by atoms with E-state index in [0.29, 0.717) is 0 Å². The van der Waals surface area contributed by atoms with Crippen LogP contribution in [-0.2, 0) is 30.8 Å². The minimum atomic E-state index is 0. The van der Waals surface area contributed by atoms with Gasteiger partial charge in [-0.15, -0.1) is 24.8 Å². The van der Waals surface area contributed by atoms with Crippen LogP contribution in [0.1, 0.15) is 0 Å². The van der Waals surface area contributed by atoms with Crippen LogP contribution in [0.3, 0.4) is 0 Å². The fraction of sp³-hybridized carbons (Fsp3) is 0. The molecule has 0 rings (SSSR count). The van der Waals surface area contributed by atoms with Gasteiger partial charge in [0.1, 0.15) is 0 Å². The summed E-state index contributed by atoms with van der Waals surface area (Å²) in [6.07, 6.45) is 0. The molecule has 0 saturated heterocycles. The van der Waals surface area contributed by atoms with Crippen LogP contribution in [0.25, 0.3) is 0 Å². The molecule has 1 unspecified atom stereocenters. The molecule has 0 saturated carbocycles. The third-order valence-corrected chi connectivity index (χ3v) is 0. The molecule has 0 radical (unpaired) electrons. The molecule has 0 fully saturated rings. The maximum absolute atomic E-state index is 8.17. The van der Waals surface area contributed by atoms with Crippen molar-refractivity contribution in [2.45, 2.75) is 0 Å². The molecule has 5 heteroatoms. The van der Waals surface area contributed by atoms with Crippen molar-refractivity contribution >= 4 is 33.9 Å². The van der Waals surface area contributed by atoms with E-state index in [9.17, 15) is 0 Å². The van der Waals surface area contributed by atoms with E-state index in [2.05, 4.69) is 0 Å². The van der Waals surface area contributed by atoms with Gasteiger partial charge < -0.3 is 0 Å². The number of hydrogen-bond donors (Lipinski definition) is 0. The summed E-state index contributed by atoms with van der Waals surface area (Å²) >= 11 is 0. The first-order chi connectivity index (χ1) is 1.00. The average Bonchev–Trinajstić information content (AvgIpc) is 1.00. The first-order valence-electron chi connectivity index (χ1n) is 0.236. The van der Waals surface area contributed by atoms with Crippen LogP contribution >= 0.6 is 33.9 Å². The van der Waals surface area contributed by atoms with Crippen molar-refractivity contribution in [3.63, 3.8) is 0 Å². The Morgan fingerprint density at radius 3 is 1.00 bits per heavy atom. The van der Waals surface area contributed by atoms with Crippen LogP contribution in [0.15, 0.2) is 0 Å². The Morgan fingerprint density at radius 2 is 1.00 bits per heavy atom. The molecule has 1 nitrogen and oxygen atoms in total. The standard InChI is InChI=1S/2ClH.H2OP.Zr/c;;1-2;/h2*1H;2H2;/q;;+1;. The summed E-state index contributed by atoms with van der Waals surface area (Å²) in [4.78, 5) is 0. The first kappa shape index (κ1) is 30.9. The van der Waals surface area contributed by atoms with Crippen molar-refractivity contribution in [1.29, 1.82) is 0 Å². The summed E-state index contributed by atoms with van der Waals surface area (Å²) in [5.74, 6) is 0. The first-order valence-corrected chi connectivity index (χ1v) is 0.707. The summed E-state index contributed by atoms with van der Waals surface area (Å²) in [5, 5.41) is 0. The molecular formula is H4Cl2OPZr+. The van der Waals surface area contributed by atoms with Crippen molar-refractivity contribution in [2.75, 3.05) is 0 Å². The quantitative estimate of drug-likeness (QED) is 0.549. The molecule has 0 bridgehead atoms. The Hall–Kier alpha value is 1.56. The molecular weight excluding hydrogens is 209 g/mol. The zero-order valence-electron chi connectivity index (χ0n) is 2.30.